The van der Waals surface area contributed by atoms with Gasteiger partial charge in [0.25, 0.3) is 11.7 Å². The van der Waals surface area contributed by atoms with E-state index in [1.165, 1.54) is 12.0 Å². The van der Waals surface area contributed by atoms with Crippen molar-refractivity contribution in [3.8, 4) is 5.75 Å². The first-order valence-electron chi connectivity index (χ1n) is 12.2. The topological polar surface area (TPSA) is 70.1 Å². The van der Waals surface area contributed by atoms with Gasteiger partial charge in [0.1, 0.15) is 11.5 Å². The van der Waals surface area contributed by atoms with Gasteiger partial charge in [-0.2, -0.15) is 0 Å². The fourth-order valence-electron chi connectivity index (χ4n) is 4.83. The predicted octanol–water partition coefficient (Wildman–Crippen LogP) is 5.78. The quantitative estimate of drug-likeness (QED) is 0.261. The summed E-state index contributed by atoms with van der Waals surface area (Å²) in [5.41, 5.74) is 4.76. The number of ketones is 1. The Labute approximate surface area is 212 Å². The van der Waals surface area contributed by atoms with E-state index >= 15 is 0 Å². The molecule has 0 bridgehead atoms. The van der Waals surface area contributed by atoms with Crippen LogP contribution in [0.4, 0.5) is 11.4 Å². The first-order chi connectivity index (χ1) is 17.3. The van der Waals surface area contributed by atoms with Gasteiger partial charge in [0.05, 0.1) is 24.3 Å². The Morgan fingerprint density at radius 3 is 2.25 bits per heavy atom. The molecule has 1 amide bonds. The number of amides is 1. The molecule has 0 radical (unpaired) electrons. The highest BCUT2D eigenvalue weighted by molar-refractivity contribution is 6.51. The molecule has 0 spiro atoms. The predicted molar refractivity (Wildman–Crippen MR) is 144 cm³/mol. The van der Waals surface area contributed by atoms with E-state index in [9.17, 15) is 14.7 Å². The van der Waals surface area contributed by atoms with Crippen LogP contribution in [0.3, 0.4) is 0 Å². The Bertz CT molecular complexity index is 1320. The minimum Gasteiger partial charge on any atom is -0.507 e. The number of carbonyl (C=O) groups is 2. The van der Waals surface area contributed by atoms with Gasteiger partial charge in [-0.25, -0.2) is 0 Å². The van der Waals surface area contributed by atoms with Gasteiger partial charge in [-0.3, -0.25) is 14.5 Å². The van der Waals surface area contributed by atoms with Gasteiger partial charge in [-0.05, 0) is 74.7 Å². The second kappa shape index (κ2) is 10.3. The highest BCUT2D eigenvalue weighted by Crippen LogP contribution is 2.44. The summed E-state index contributed by atoms with van der Waals surface area (Å²) in [6.45, 7) is 9.83. The molecule has 0 aromatic heterocycles. The number of rotatable bonds is 7. The molecule has 36 heavy (non-hydrogen) atoms. The van der Waals surface area contributed by atoms with Crippen molar-refractivity contribution in [2.45, 2.75) is 33.7 Å². The summed E-state index contributed by atoms with van der Waals surface area (Å²) >= 11 is 0. The number of anilines is 2. The van der Waals surface area contributed by atoms with Crippen molar-refractivity contribution in [1.82, 2.24) is 0 Å². The Morgan fingerprint density at radius 1 is 0.944 bits per heavy atom. The van der Waals surface area contributed by atoms with Crippen LogP contribution in [-0.2, 0) is 9.59 Å². The zero-order valence-corrected chi connectivity index (χ0v) is 21.4. The van der Waals surface area contributed by atoms with Gasteiger partial charge < -0.3 is 14.7 Å². The zero-order valence-electron chi connectivity index (χ0n) is 21.4. The molecular weight excluding hydrogens is 452 g/mol. The summed E-state index contributed by atoms with van der Waals surface area (Å²) in [4.78, 5) is 30.7. The molecule has 1 aliphatic rings. The van der Waals surface area contributed by atoms with Gasteiger partial charge in [0.2, 0.25) is 0 Å². The maximum Gasteiger partial charge on any atom is 0.300 e. The zero-order chi connectivity index (χ0) is 26.0. The molecule has 6 nitrogen and oxygen atoms in total. The number of para-hydroxylation sites is 1. The van der Waals surface area contributed by atoms with E-state index in [1.54, 1.807) is 24.3 Å². The lowest BCUT2D eigenvalue weighted by Crippen LogP contribution is -2.30. The van der Waals surface area contributed by atoms with E-state index in [0.29, 0.717) is 17.0 Å². The van der Waals surface area contributed by atoms with Gasteiger partial charge >= 0.3 is 0 Å². The first kappa shape index (κ1) is 25.0. The summed E-state index contributed by atoms with van der Waals surface area (Å²) < 4.78 is 5.43. The van der Waals surface area contributed by atoms with Crippen molar-refractivity contribution < 1.29 is 19.4 Å². The minimum atomic E-state index is -0.791. The van der Waals surface area contributed by atoms with Crippen molar-refractivity contribution in [2.24, 2.45) is 0 Å². The number of hydrogen-bond acceptors (Lipinski definition) is 5. The summed E-state index contributed by atoms with van der Waals surface area (Å²) in [6.07, 6.45) is 0. The molecule has 1 atom stereocenters. The monoisotopic (exact) mass is 484 g/mol. The molecule has 1 unspecified atom stereocenters. The van der Waals surface area contributed by atoms with Crippen molar-refractivity contribution in [1.29, 1.82) is 0 Å². The third kappa shape index (κ3) is 4.24. The van der Waals surface area contributed by atoms with E-state index in [4.69, 9.17) is 4.74 Å². The van der Waals surface area contributed by atoms with Crippen molar-refractivity contribution in [2.75, 3.05) is 30.0 Å². The molecule has 0 saturated carbocycles. The third-order valence-corrected chi connectivity index (χ3v) is 6.98. The number of aryl methyl sites for hydroxylation is 1. The Hall–Kier alpha value is -4.06. The highest BCUT2D eigenvalue weighted by atomic mass is 16.5. The molecule has 0 aliphatic carbocycles. The van der Waals surface area contributed by atoms with E-state index < -0.39 is 17.7 Å². The van der Waals surface area contributed by atoms with Crippen molar-refractivity contribution in [3.05, 3.63) is 94.6 Å². The molecule has 6 heteroatoms. The van der Waals surface area contributed by atoms with E-state index in [0.717, 1.165) is 35.5 Å². The first-order valence-corrected chi connectivity index (χ1v) is 12.2. The number of hydrogen-bond donors (Lipinski definition) is 1. The second-order valence-corrected chi connectivity index (χ2v) is 8.85. The molecule has 1 saturated heterocycles. The maximum absolute atomic E-state index is 13.5. The molecule has 3 aromatic carbocycles. The SMILES string of the molecule is CCN(CC)c1ccc(C2/C(=C(\O)c3ccccc3OC)C(=O)C(=O)N2c2cccc(C)c2C)cc1. The normalized spacial score (nSPS) is 16.9. The molecular formula is C30H32N2O4. The van der Waals surface area contributed by atoms with Crippen LogP contribution in [0.15, 0.2) is 72.3 Å². The van der Waals surface area contributed by atoms with E-state index in [2.05, 4.69) is 18.7 Å². The van der Waals surface area contributed by atoms with Crippen LogP contribution in [0.1, 0.15) is 42.1 Å². The molecule has 3 aromatic rings. The lowest BCUT2D eigenvalue weighted by Gasteiger charge is -2.28. The van der Waals surface area contributed by atoms with Gasteiger partial charge in [0, 0.05) is 24.5 Å². The minimum absolute atomic E-state index is 0.0426. The largest absolute Gasteiger partial charge is 0.507 e. The lowest BCUT2D eigenvalue weighted by molar-refractivity contribution is -0.132. The molecule has 1 aliphatic heterocycles. The fraction of sp³-hybridized carbons (Fsp3) is 0.267. The molecule has 1 fully saturated rings. The van der Waals surface area contributed by atoms with Crippen LogP contribution in [-0.4, -0.2) is 37.0 Å². The average Bonchev–Trinajstić information content (AvgIpc) is 3.16. The van der Waals surface area contributed by atoms with Crippen LogP contribution in [0, 0.1) is 13.8 Å². The summed E-state index contributed by atoms with van der Waals surface area (Å²) in [5.74, 6) is -1.23. The maximum atomic E-state index is 13.5. The third-order valence-electron chi connectivity index (χ3n) is 6.98. The molecule has 186 valence electrons. The number of Topliss-reactive ketones (excluding diaryl/α,β-unsaturated/α-hetero) is 1. The number of aliphatic hydroxyl groups excluding tert-OH is 1. The smallest absolute Gasteiger partial charge is 0.300 e. The summed E-state index contributed by atoms with van der Waals surface area (Å²) in [5, 5.41) is 11.5. The lowest BCUT2D eigenvalue weighted by atomic mass is 9.94. The summed E-state index contributed by atoms with van der Waals surface area (Å²) in [6, 6.07) is 19.7. The van der Waals surface area contributed by atoms with Crippen LogP contribution in [0.25, 0.3) is 5.76 Å². The van der Waals surface area contributed by atoms with Gasteiger partial charge in [-0.15, -0.1) is 0 Å². The van der Waals surface area contributed by atoms with Gasteiger partial charge in [-0.1, -0.05) is 36.4 Å². The molecule has 1 N–H and O–H groups in total. The van der Waals surface area contributed by atoms with Crippen LogP contribution in [0.5, 0.6) is 5.75 Å². The van der Waals surface area contributed by atoms with Crippen LogP contribution < -0.4 is 14.5 Å². The van der Waals surface area contributed by atoms with Crippen molar-refractivity contribution >= 4 is 28.8 Å². The van der Waals surface area contributed by atoms with Crippen LogP contribution >= 0.6 is 0 Å². The van der Waals surface area contributed by atoms with E-state index in [1.807, 2.05) is 56.3 Å². The number of benzene rings is 3. The van der Waals surface area contributed by atoms with Crippen LogP contribution in [0.2, 0.25) is 0 Å². The molecule has 1 heterocycles. The number of aliphatic hydroxyl groups is 1. The Morgan fingerprint density at radius 2 is 1.61 bits per heavy atom. The average molecular weight is 485 g/mol. The van der Waals surface area contributed by atoms with E-state index in [-0.39, 0.29) is 11.3 Å². The molecule has 4 rings (SSSR count). The fourth-order valence-corrected chi connectivity index (χ4v) is 4.83. The van der Waals surface area contributed by atoms with Gasteiger partial charge in [0.15, 0.2) is 0 Å². The standard InChI is InChI=1S/C30H32N2O4/c1-6-31(7-2)22-17-15-21(16-18-22)27-26(28(33)23-12-8-9-14-25(23)36-5)29(34)30(35)32(27)24-13-10-11-19(3)20(24)4/h8-18,27,33H,6-7H2,1-5H3/b28-26+. The summed E-state index contributed by atoms with van der Waals surface area (Å²) in [7, 11) is 1.50. The number of nitrogens with zero attached hydrogens (tertiary/aromatic N) is 2. The van der Waals surface area contributed by atoms with Crippen molar-refractivity contribution in [3.63, 3.8) is 0 Å². The second-order valence-electron chi connectivity index (χ2n) is 8.85. The number of carbonyl (C=O) groups excluding carboxylic acids is 2. The highest BCUT2D eigenvalue weighted by Gasteiger charge is 2.47. The Balaban J connectivity index is 1.96. The number of ether oxygens (including phenoxy) is 1. The number of methoxy groups -OCH3 is 1. The Kier molecular flexibility index (Phi) is 7.15.